The standard InChI is InChI=1S/C10H16N2O2.2C4H6O4/c1-10(4-5-10)9(14)12-6-2-3-7(12)8(11)13;2*5-3(6)1-2-4(7)8/h7H,2-6H2,1H3,(H2,11,13);2*1-2H2,(H,5,6)(H,7,8)/t7-;;/m0../s1. The quantitative estimate of drug-likeness (QED) is 0.349. The zero-order valence-electron chi connectivity index (χ0n) is 16.7. The van der Waals surface area contributed by atoms with E-state index in [0.29, 0.717) is 6.54 Å². The number of hydrogen-bond acceptors (Lipinski definition) is 6. The zero-order valence-corrected chi connectivity index (χ0v) is 16.7. The molecule has 0 aromatic heterocycles. The first kappa shape index (κ1) is 26.8. The molecule has 1 aliphatic heterocycles. The van der Waals surface area contributed by atoms with E-state index >= 15 is 0 Å². The van der Waals surface area contributed by atoms with Crippen LogP contribution in [0.4, 0.5) is 0 Å². The van der Waals surface area contributed by atoms with Crippen LogP contribution in [0, 0.1) is 5.41 Å². The number of hydrogen-bond donors (Lipinski definition) is 5. The fourth-order valence-corrected chi connectivity index (χ4v) is 2.48. The Balaban J connectivity index is 0.000000456. The summed E-state index contributed by atoms with van der Waals surface area (Å²) in [5.74, 6) is -4.54. The van der Waals surface area contributed by atoms with Crippen LogP contribution in [0.1, 0.15) is 58.3 Å². The SMILES string of the molecule is CC1(C(=O)N2CCC[C@H]2C(N)=O)CC1.O=C(O)CCC(=O)O.O=C(O)CCC(=O)O. The molecule has 0 bridgehead atoms. The van der Waals surface area contributed by atoms with Gasteiger partial charge in [0.25, 0.3) is 0 Å². The summed E-state index contributed by atoms with van der Waals surface area (Å²) in [5, 5.41) is 31.6. The van der Waals surface area contributed by atoms with Gasteiger partial charge in [0, 0.05) is 12.0 Å². The van der Waals surface area contributed by atoms with Gasteiger partial charge >= 0.3 is 23.9 Å². The average Bonchev–Trinajstić information content (AvgIpc) is 3.19. The highest BCUT2D eigenvalue weighted by molar-refractivity contribution is 5.91. The normalized spacial score (nSPS) is 18.0. The summed E-state index contributed by atoms with van der Waals surface area (Å²) >= 11 is 0. The van der Waals surface area contributed by atoms with Gasteiger partial charge in [-0.1, -0.05) is 6.92 Å². The lowest BCUT2D eigenvalue weighted by atomic mass is 10.1. The number of amides is 2. The predicted octanol–water partition coefficient (Wildman–Crippen LogP) is 0.134. The van der Waals surface area contributed by atoms with Crippen molar-refractivity contribution < 1.29 is 49.2 Å². The lowest BCUT2D eigenvalue weighted by Gasteiger charge is -2.25. The number of carbonyl (C=O) groups excluding carboxylic acids is 2. The third-order valence-corrected chi connectivity index (χ3v) is 4.46. The second-order valence-electron chi connectivity index (χ2n) is 7.19. The lowest BCUT2D eigenvalue weighted by molar-refractivity contribution is -0.143. The molecule has 30 heavy (non-hydrogen) atoms. The Hall–Kier alpha value is -3.18. The number of nitrogens with two attached hydrogens (primary N) is 1. The van der Waals surface area contributed by atoms with E-state index in [-0.39, 0.29) is 49.0 Å². The van der Waals surface area contributed by atoms with Gasteiger partial charge in [0.05, 0.1) is 25.7 Å². The van der Waals surface area contributed by atoms with Crippen molar-refractivity contribution in [2.45, 2.75) is 64.3 Å². The van der Waals surface area contributed by atoms with Crippen LogP contribution in [-0.4, -0.2) is 73.6 Å². The van der Waals surface area contributed by atoms with E-state index in [0.717, 1.165) is 25.7 Å². The first-order chi connectivity index (χ1) is 13.8. The summed E-state index contributed by atoms with van der Waals surface area (Å²) in [5.41, 5.74) is 5.07. The monoisotopic (exact) mass is 432 g/mol. The largest absolute Gasteiger partial charge is 0.481 e. The number of primary amides is 1. The molecule has 12 heteroatoms. The topological polar surface area (TPSA) is 213 Å². The van der Waals surface area contributed by atoms with E-state index in [1.54, 1.807) is 4.90 Å². The Labute approximate surface area is 172 Å². The van der Waals surface area contributed by atoms with Crippen molar-refractivity contribution in [1.82, 2.24) is 4.90 Å². The minimum absolute atomic E-state index is 0.124. The smallest absolute Gasteiger partial charge is 0.303 e. The Morgan fingerprint density at radius 1 is 0.833 bits per heavy atom. The third-order valence-electron chi connectivity index (χ3n) is 4.46. The molecular weight excluding hydrogens is 404 g/mol. The van der Waals surface area contributed by atoms with E-state index in [4.69, 9.17) is 26.2 Å². The van der Waals surface area contributed by atoms with Crippen LogP contribution in [-0.2, 0) is 28.8 Å². The van der Waals surface area contributed by atoms with Crippen LogP contribution in [0.15, 0.2) is 0 Å². The van der Waals surface area contributed by atoms with Gasteiger partial charge in [-0.2, -0.15) is 0 Å². The van der Waals surface area contributed by atoms with E-state index in [2.05, 4.69) is 0 Å². The minimum atomic E-state index is -1.08. The summed E-state index contributed by atoms with van der Waals surface area (Å²) < 4.78 is 0. The molecule has 12 nitrogen and oxygen atoms in total. The molecule has 170 valence electrons. The molecule has 2 rings (SSSR count). The van der Waals surface area contributed by atoms with Gasteiger partial charge in [0.15, 0.2) is 0 Å². The van der Waals surface area contributed by atoms with Crippen molar-refractivity contribution in [3.63, 3.8) is 0 Å². The Kier molecular flexibility index (Phi) is 11.1. The molecule has 2 aliphatic rings. The van der Waals surface area contributed by atoms with Crippen LogP contribution >= 0.6 is 0 Å². The first-order valence-electron chi connectivity index (χ1n) is 9.27. The molecule has 0 radical (unpaired) electrons. The molecule has 6 N–H and O–H groups in total. The van der Waals surface area contributed by atoms with Crippen molar-refractivity contribution in [3.8, 4) is 0 Å². The maximum atomic E-state index is 12.0. The van der Waals surface area contributed by atoms with Gasteiger partial charge in [-0.25, -0.2) is 0 Å². The number of aliphatic carboxylic acids is 4. The van der Waals surface area contributed by atoms with Crippen LogP contribution in [0.2, 0.25) is 0 Å². The van der Waals surface area contributed by atoms with E-state index in [1.807, 2.05) is 6.92 Å². The molecule has 0 unspecified atom stereocenters. The average molecular weight is 432 g/mol. The molecule has 0 aromatic rings. The Bertz CT molecular complexity index is 616. The number of carbonyl (C=O) groups is 6. The molecule has 0 aromatic carbocycles. The number of likely N-dealkylation sites (tertiary alicyclic amines) is 1. The molecule has 2 amide bonds. The molecule has 2 fully saturated rings. The first-order valence-corrected chi connectivity index (χ1v) is 9.27. The highest BCUT2D eigenvalue weighted by atomic mass is 16.4. The van der Waals surface area contributed by atoms with Gasteiger partial charge in [-0.05, 0) is 25.7 Å². The van der Waals surface area contributed by atoms with Crippen LogP contribution < -0.4 is 5.73 Å². The van der Waals surface area contributed by atoms with E-state index in [1.165, 1.54) is 0 Å². The van der Waals surface area contributed by atoms with Crippen LogP contribution in [0.5, 0.6) is 0 Å². The summed E-state index contributed by atoms with van der Waals surface area (Å²) in [6.45, 7) is 2.66. The van der Waals surface area contributed by atoms with E-state index < -0.39 is 23.9 Å². The molecule has 1 aliphatic carbocycles. The second-order valence-corrected chi connectivity index (χ2v) is 7.19. The maximum Gasteiger partial charge on any atom is 0.303 e. The zero-order chi connectivity index (χ0) is 23.5. The molecular formula is C18H28N2O10. The van der Waals surface area contributed by atoms with Gasteiger partial charge in [0.1, 0.15) is 6.04 Å². The second kappa shape index (κ2) is 12.4. The number of nitrogens with zero attached hydrogens (tertiary/aromatic N) is 1. The summed E-state index contributed by atoms with van der Waals surface area (Å²) in [7, 11) is 0. The highest BCUT2D eigenvalue weighted by Gasteiger charge is 2.49. The summed E-state index contributed by atoms with van der Waals surface area (Å²) in [6.07, 6.45) is 2.35. The van der Waals surface area contributed by atoms with Crippen molar-refractivity contribution in [1.29, 1.82) is 0 Å². The van der Waals surface area contributed by atoms with Gasteiger partial charge in [0.2, 0.25) is 11.8 Å². The lowest BCUT2D eigenvalue weighted by Crippen LogP contribution is -2.46. The summed E-state index contributed by atoms with van der Waals surface area (Å²) in [6, 6.07) is -0.347. The van der Waals surface area contributed by atoms with Gasteiger partial charge in [-0.15, -0.1) is 0 Å². The van der Waals surface area contributed by atoms with E-state index in [9.17, 15) is 28.8 Å². The molecule has 0 spiro atoms. The highest BCUT2D eigenvalue weighted by Crippen LogP contribution is 2.47. The molecule has 1 saturated heterocycles. The fraction of sp³-hybridized carbons (Fsp3) is 0.667. The predicted molar refractivity (Wildman–Crippen MR) is 100 cm³/mol. The Morgan fingerprint density at radius 3 is 1.47 bits per heavy atom. The number of carboxylic acid groups (broad SMARTS) is 4. The van der Waals surface area contributed by atoms with Crippen molar-refractivity contribution >= 4 is 35.7 Å². The number of carboxylic acids is 4. The fourth-order valence-electron chi connectivity index (χ4n) is 2.48. The minimum Gasteiger partial charge on any atom is -0.481 e. The van der Waals surface area contributed by atoms with Gasteiger partial charge < -0.3 is 31.1 Å². The Morgan fingerprint density at radius 2 is 1.20 bits per heavy atom. The maximum absolute atomic E-state index is 12.0. The molecule has 1 atom stereocenters. The third kappa shape index (κ3) is 11.0. The van der Waals surface area contributed by atoms with Crippen LogP contribution in [0.25, 0.3) is 0 Å². The summed E-state index contributed by atoms with van der Waals surface area (Å²) in [4.78, 5) is 63.3. The van der Waals surface area contributed by atoms with Crippen molar-refractivity contribution in [3.05, 3.63) is 0 Å². The van der Waals surface area contributed by atoms with Crippen LogP contribution in [0.3, 0.4) is 0 Å². The molecule has 1 heterocycles. The van der Waals surface area contributed by atoms with Crippen molar-refractivity contribution in [2.24, 2.45) is 11.1 Å². The van der Waals surface area contributed by atoms with Crippen molar-refractivity contribution in [2.75, 3.05) is 6.54 Å². The number of rotatable bonds is 8. The molecule has 1 saturated carbocycles. The van der Waals surface area contributed by atoms with Gasteiger partial charge in [-0.3, -0.25) is 28.8 Å².